The zero-order chi connectivity index (χ0) is 22.1. The van der Waals surface area contributed by atoms with Gasteiger partial charge in [0.05, 0.1) is 22.8 Å². The molecule has 3 nitrogen and oxygen atoms in total. The number of alkyl halides is 6. The number of amides is 1. The van der Waals surface area contributed by atoms with E-state index in [4.69, 9.17) is 16.3 Å². The SMILES string of the molecule is O=C(/C=C1\CCCOc2cc(C(F)(F)F)ccc21)Nc1ccc(Cl)c(C(F)(F)F)c1. The van der Waals surface area contributed by atoms with Gasteiger partial charge in [-0.1, -0.05) is 17.7 Å². The fourth-order valence-corrected chi connectivity index (χ4v) is 3.19. The molecule has 160 valence electrons. The molecular formula is C20H14ClF6NO2. The topological polar surface area (TPSA) is 38.3 Å². The van der Waals surface area contributed by atoms with Crippen LogP contribution in [0.1, 0.15) is 29.5 Å². The Balaban J connectivity index is 1.88. The maximum Gasteiger partial charge on any atom is 0.417 e. The summed E-state index contributed by atoms with van der Waals surface area (Å²) in [6.45, 7) is 0.166. The molecule has 0 aromatic heterocycles. The molecule has 0 spiro atoms. The van der Waals surface area contributed by atoms with Crippen molar-refractivity contribution in [2.24, 2.45) is 0 Å². The van der Waals surface area contributed by atoms with E-state index in [2.05, 4.69) is 5.32 Å². The summed E-state index contributed by atoms with van der Waals surface area (Å²) in [5.74, 6) is -0.736. The van der Waals surface area contributed by atoms with E-state index >= 15 is 0 Å². The molecule has 0 saturated carbocycles. The number of benzene rings is 2. The molecule has 3 rings (SSSR count). The van der Waals surface area contributed by atoms with Gasteiger partial charge in [-0.3, -0.25) is 4.79 Å². The summed E-state index contributed by atoms with van der Waals surface area (Å²) in [5.41, 5.74) is -1.36. The van der Waals surface area contributed by atoms with Crippen LogP contribution in [0.15, 0.2) is 42.5 Å². The monoisotopic (exact) mass is 449 g/mol. The van der Waals surface area contributed by atoms with Crippen molar-refractivity contribution in [3.63, 3.8) is 0 Å². The van der Waals surface area contributed by atoms with E-state index in [1.807, 2.05) is 0 Å². The van der Waals surface area contributed by atoms with E-state index in [0.717, 1.165) is 24.3 Å². The van der Waals surface area contributed by atoms with Gasteiger partial charge >= 0.3 is 12.4 Å². The minimum absolute atomic E-state index is 0.00720. The Hall–Kier alpha value is -2.68. The first kappa shape index (κ1) is 22.0. The number of anilines is 1. The first-order valence-electron chi connectivity index (χ1n) is 8.68. The Labute approximate surface area is 172 Å². The quantitative estimate of drug-likeness (QED) is 0.416. The predicted octanol–water partition coefficient (Wildman–Crippen LogP) is 6.57. The molecule has 0 fully saturated rings. The maximum atomic E-state index is 13.0. The summed E-state index contributed by atoms with van der Waals surface area (Å²) in [5, 5.41) is 1.82. The Kier molecular flexibility index (Phi) is 6.03. The zero-order valence-electron chi connectivity index (χ0n) is 15.1. The fraction of sp³-hybridized carbons (Fsp3) is 0.250. The lowest BCUT2D eigenvalue weighted by Gasteiger charge is -2.13. The lowest BCUT2D eigenvalue weighted by molar-refractivity contribution is -0.138. The van der Waals surface area contributed by atoms with Gasteiger partial charge in [-0.05, 0) is 48.7 Å². The number of carbonyl (C=O) groups is 1. The van der Waals surface area contributed by atoms with Crippen LogP contribution in [-0.4, -0.2) is 12.5 Å². The minimum atomic E-state index is -4.69. The summed E-state index contributed by atoms with van der Waals surface area (Å²) in [7, 11) is 0. The first-order valence-corrected chi connectivity index (χ1v) is 9.05. The predicted molar refractivity (Wildman–Crippen MR) is 99.2 cm³/mol. The molecule has 0 bridgehead atoms. The smallest absolute Gasteiger partial charge is 0.417 e. The highest BCUT2D eigenvalue weighted by Crippen LogP contribution is 2.38. The van der Waals surface area contributed by atoms with Crippen molar-refractivity contribution in [3.05, 3.63) is 64.2 Å². The highest BCUT2D eigenvalue weighted by molar-refractivity contribution is 6.31. The van der Waals surface area contributed by atoms with Gasteiger partial charge < -0.3 is 10.1 Å². The van der Waals surface area contributed by atoms with Crippen LogP contribution in [0.25, 0.3) is 5.57 Å². The van der Waals surface area contributed by atoms with Gasteiger partial charge in [-0.15, -0.1) is 0 Å². The average molecular weight is 450 g/mol. The van der Waals surface area contributed by atoms with Crippen molar-refractivity contribution in [2.75, 3.05) is 11.9 Å². The number of nitrogens with one attached hydrogen (secondary N) is 1. The summed E-state index contributed by atoms with van der Waals surface area (Å²) < 4.78 is 83.0. The van der Waals surface area contributed by atoms with Crippen LogP contribution in [-0.2, 0) is 17.1 Å². The maximum absolute atomic E-state index is 13.0. The van der Waals surface area contributed by atoms with Gasteiger partial charge in [0.1, 0.15) is 5.75 Å². The molecule has 1 N–H and O–H groups in total. The van der Waals surface area contributed by atoms with Gasteiger partial charge in [0, 0.05) is 17.3 Å². The fourth-order valence-electron chi connectivity index (χ4n) is 2.97. The summed E-state index contributed by atoms with van der Waals surface area (Å²) >= 11 is 5.55. The third-order valence-electron chi connectivity index (χ3n) is 4.35. The van der Waals surface area contributed by atoms with Crippen molar-refractivity contribution >= 4 is 28.8 Å². The number of carbonyl (C=O) groups excluding carboxylic acids is 1. The number of halogens is 7. The molecule has 0 unspecified atom stereocenters. The number of hydrogen-bond acceptors (Lipinski definition) is 2. The second-order valence-corrected chi connectivity index (χ2v) is 6.92. The van der Waals surface area contributed by atoms with Crippen molar-refractivity contribution < 1.29 is 35.9 Å². The van der Waals surface area contributed by atoms with Crippen molar-refractivity contribution in [1.29, 1.82) is 0 Å². The van der Waals surface area contributed by atoms with E-state index in [-0.39, 0.29) is 18.0 Å². The van der Waals surface area contributed by atoms with Crippen LogP contribution in [0.4, 0.5) is 32.0 Å². The molecule has 1 aliphatic heterocycles. The molecule has 0 radical (unpaired) electrons. The second kappa shape index (κ2) is 8.22. The third kappa shape index (κ3) is 5.08. The van der Waals surface area contributed by atoms with Crippen LogP contribution in [0.3, 0.4) is 0 Å². The van der Waals surface area contributed by atoms with Gasteiger partial charge in [-0.2, -0.15) is 26.3 Å². The molecule has 1 heterocycles. The number of fused-ring (bicyclic) bond motifs is 1. The Morgan fingerprint density at radius 2 is 1.77 bits per heavy atom. The van der Waals surface area contributed by atoms with Crippen LogP contribution < -0.4 is 10.1 Å². The van der Waals surface area contributed by atoms with E-state index in [0.29, 0.717) is 30.0 Å². The van der Waals surface area contributed by atoms with E-state index in [1.54, 1.807) is 0 Å². The molecule has 0 aliphatic carbocycles. The normalized spacial score (nSPS) is 15.9. The van der Waals surface area contributed by atoms with Gasteiger partial charge in [0.15, 0.2) is 0 Å². The molecule has 2 aromatic carbocycles. The Bertz CT molecular complexity index is 998. The highest BCUT2D eigenvalue weighted by Gasteiger charge is 2.34. The van der Waals surface area contributed by atoms with E-state index in [9.17, 15) is 31.1 Å². The van der Waals surface area contributed by atoms with Gasteiger partial charge in [0.2, 0.25) is 5.91 Å². The number of rotatable bonds is 2. The molecule has 1 aliphatic rings. The molecular weight excluding hydrogens is 436 g/mol. The van der Waals surface area contributed by atoms with E-state index in [1.165, 1.54) is 12.1 Å². The first-order chi connectivity index (χ1) is 13.9. The summed E-state index contributed by atoms with van der Waals surface area (Å²) in [6, 6.07) is 5.90. The van der Waals surface area contributed by atoms with Gasteiger partial charge in [0.25, 0.3) is 0 Å². The Morgan fingerprint density at radius 1 is 1.03 bits per heavy atom. The second-order valence-electron chi connectivity index (χ2n) is 6.51. The number of hydrogen-bond donors (Lipinski definition) is 1. The van der Waals surface area contributed by atoms with Crippen LogP contribution in [0.2, 0.25) is 5.02 Å². The number of ether oxygens (including phenoxy) is 1. The average Bonchev–Trinajstić information content (AvgIpc) is 2.83. The van der Waals surface area contributed by atoms with Crippen molar-refractivity contribution in [1.82, 2.24) is 0 Å². The number of allylic oxidation sites excluding steroid dienone is 1. The summed E-state index contributed by atoms with van der Waals surface area (Å²) in [6.07, 6.45) is -7.29. The Morgan fingerprint density at radius 3 is 2.43 bits per heavy atom. The standard InChI is InChI=1S/C20H14ClF6NO2/c21-16-6-4-13(10-15(16)20(25,26)27)28-18(29)8-11-2-1-7-30-17-9-12(19(22,23)24)3-5-14(11)17/h3-6,8-10H,1-2,7H2,(H,28,29)/b11-8+. The largest absolute Gasteiger partial charge is 0.493 e. The lowest BCUT2D eigenvalue weighted by Crippen LogP contribution is -2.11. The molecule has 30 heavy (non-hydrogen) atoms. The molecule has 0 atom stereocenters. The summed E-state index contributed by atoms with van der Waals surface area (Å²) in [4.78, 5) is 12.4. The molecule has 1 amide bonds. The van der Waals surface area contributed by atoms with Crippen molar-refractivity contribution in [3.8, 4) is 5.75 Å². The zero-order valence-corrected chi connectivity index (χ0v) is 15.9. The highest BCUT2D eigenvalue weighted by atomic mass is 35.5. The third-order valence-corrected chi connectivity index (χ3v) is 4.68. The molecule has 10 heteroatoms. The van der Waals surface area contributed by atoms with Crippen LogP contribution in [0.5, 0.6) is 5.75 Å². The lowest BCUT2D eigenvalue weighted by atomic mass is 9.99. The molecule has 2 aromatic rings. The van der Waals surface area contributed by atoms with Gasteiger partial charge in [-0.25, -0.2) is 0 Å². The van der Waals surface area contributed by atoms with E-state index < -0.39 is 34.4 Å². The van der Waals surface area contributed by atoms with Crippen LogP contribution in [0, 0.1) is 0 Å². The van der Waals surface area contributed by atoms with Crippen LogP contribution >= 0.6 is 11.6 Å². The molecule has 0 saturated heterocycles. The van der Waals surface area contributed by atoms with Crippen molar-refractivity contribution in [2.45, 2.75) is 25.2 Å². The minimum Gasteiger partial charge on any atom is -0.493 e.